The highest BCUT2D eigenvalue weighted by atomic mass is 16.6. The van der Waals surface area contributed by atoms with Crippen molar-refractivity contribution in [1.29, 1.82) is 0 Å². The van der Waals surface area contributed by atoms with Gasteiger partial charge in [-0.3, -0.25) is 9.59 Å². The highest BCUT2D eigenvalue weighted by Gasteiger charge is 2.15. The molecule has 0 fully saturated rings. The van der Waals surface area contributed by atoms with E-state index in [2.05, 4.69) is 5.32 Å². The van der Waals surface area contributed by atoms with Gasteiger partial charge in [-0.25, -0.2) is 0 Å². The number of rotatable bonds is 16. The molecule has 0 unspecified atom stereocenters. The Labute approximate surface area is 163 Å². The van der Waals surface area contributed by atoms with Crippen LogP contribution in [0.4, 0.5) is 0 Å². The Morgan fingerprint density at radius 1 is 0.778 bits per heavy atom. The number of hydrogen-bond acceptors (Lipinski definition) is 7. The fourth-order valence-corrected chi connectivity index (χ4v) is 1.76. The van der Waals surface area contributed by atoms with Gasteiger partial charge in [0, 0.05) is 12.5 Å². The average Bonchev–Trinajstić information content (AvgIpc) is 2.56. The molecule has 0 aliphatic heterocycles. The van der Waals surface area contributed by atoms with Crippen LogP contribution in [0.5, 0.6) is 0 Å². The summed E-state index contributed by atoms with van der Waals surface area (Å²) in [6, 6.07) is 0. The lowest BCUT2D eigenvalue weighted by Gasteiger charge is -2.19. The molecule has 0 heterocycles. The van der Waals surface area contributed by atoms with Gasteiger partial charge >= 0.3 is 5.97 Å². The zero-order chi connectivity index (χ0) is 20.5. The zero-order valence-corrected chi connectivity index (χ0v) is 17.5. The van der Waals surface area contributed by atoms with Crippen LogP contribution in [0, 0.1) is 5.92 Å². The third-order valence-electron chi connectivity index (χ3n) is 3.06. The Morgan fingerprint density at radius 2 is 1.22 bits per heavy atom. The normalized spacial score (nSPS) is 11.6. The van der Waals surface area contributed by atoms with E-state index in [0.29, 0.717) is 59.4 Å². The van der Waals surface area contributed by atoms with Gasteiger partial charge in [0.1, 0.15) is 5.60 Å². The smallest absolute Gasteiger partial charge is 0.308 e. The molecule has 0 spiro atoms. The monoisotopic (exact) mass is 391 g/mol. The molecule has 0 aliphatic rings. The lowest BCUT2D eigenvalue weighted by molar-refractivity contribution is -0.156. The summed E-state index contributed by atoms with van der Waals surface area (Å²) >= 11 is 0. The van der Waals surface area contributed by atoms with E-state index >= 15 is 0 Å². The quantitative estimate of drug-likeness (QED) is 0.315. The summed E-state index contributed by atoms with van der Waals surface area (Å²) in [4.78, 5) is 22.8. The molecule has 0 saturated heterocycles. The van der Waals surface area contributed by atoms with E-state index in [4.69, 9.17) is 23.7 Å². The van der Waals surface area contributed by atoms with Crippen LogP contribution in [-0.2, 0) is 33.3 Å². The summed E-state index contributed by atoms with van der Waals surface area (Å²) in [7, 11) is 0. The summed E-state index contributed by atoms with van der Waals surface area (Å²) in [5.41, 5.74) is -0.463. The van der Waals surface area contributed by atoms with Crippen LogP contribution in [0.25, 0.3) is 0 Å². The molecule has 0 radical (unpaired) electrons. The fourth-order valence-electron chi connectivity index (χ4n) is 1.76. The molecule has 0 bridgehead atoms. The molecule has 0 rings (SSSR count). The zero-order valence-electron chi connectivity index (χ0n) is 17.5. The van der Waals surface area contributed by atoms with Gasteiger partial charge in [0.05, 0.1) is 59.3 Å². The molecular formula is C19H37NO7. The van der Waals surface area contributed by atoms with Crippen molar-refractivity contribution in [2.45, 2.75) is 46.6 Å². The summed E-state index contributed by atoms with van der Waals surface area (Å²) in [6.45, 7) is 13.3. The maximum Gasteiger partial charge on any atom is 0.308 e. The van der Waals surface area contributed by atoms with Crippen LogP contribution in [0.15, 0.2) is 0 Å². The van der Waals surface area contributed by atoms with Crippen molar-refractivity contribution in [3.63, 3.8) is 0 Å². The van der Waals surface area contributed by atoms with Crippen LogP contribution in [0.3, 0.4) is 0 Å². The summed E-state index contributed by atoms with van der Waals surface area (Å²) in [5, 5.41) is 2.78. The van der Waals surface area contributed by atoms with E-state index in [1.54, 1.807) is 0 Å². The maximum absolute atomic E-state index is 11.5. The average molecular weight is 392 g/mol. The number of hydrogen-bond donors (Lipinski definition) is 1. The summed E-state index contributed by atoms with van der Waals surface area (Å²) < 4.78 is 26.6. The standard InChI is InChI=1S/C19H37NO7/c1-16(2)18(22)20-7-9-24-11-13-26-15-14-25-12-10-23-8-6-17(21)27-19(3,4)5/h16H,6-15H2,1-5H3,(H,20,22). The van der Waals surface area contributed by atoms with Gasteiger partial charge in [-0.15, -0.1) is 0 Å². The third-order valence-corrected chi connectivity index (χ3v) is 3.06. The molecule has 1 N–H and O–H groups in total. The van der Waals surface area contributed by atoms with Gasteiger partial charge in [0.25, 0.3) is 0 Å². The lowest BCUT2D eigenvalue weighted by atomic mass is 10.2. The van der Waals surface area contributed by atoms with Crippen LogP contribution < -0.4 is 5.32 Å². The highest BCUT2D eigenvalue weighted by Crippen LogP contribution is 2.07. The second-order valence-corrected chi connectivity index (χ2v) is 7.23. The second-order valence-electron chi connectivity index (χ2n) is 7.23. The molecule has 0 aromatic carbocycles. The van der Waals surface area contributed by atoms with Gasteiger partial charge in [-0.05, 0) is 20.8 Å². The molecule has 0 saturated carbocycles. The Morgan fingerprint density at radius 3 is 1.67 bits per heavy atom. The Kier molecular flexibility index (Phi) is 15.1. The van der Waals surface area contributed by atoms with E-state index in [9.17, 15) is 9.59 Å². The van der Waals surface area contributed by atoms with Crippen molar-refractivity contribution in [2.24, 2.45) is 5.92 Å². The van der Waals surface area contributed by atoms with Crippen molar-refractivity contribution < 1.29 is 33.3 Å². The van der Waals surface area contributed by atoms with Crippen molar-refractivity contribution in [3.05, 3.63) is 0 Å². The van der Waals surface area contributed by atoms with Crippen LogP contribution >= 0.6 is 0 Å². The Hall–Kier alpha value is -1.22. The molecule has 0 aromatic rings. The minimum atomic E-state index is -0.463. The van der Waals surface area contributed by atoms with Crippen molar-refractivity contribution >= 4 is 11.9 Å². The molecule has 8 heteroatoms. The SMILES string of the molecule is CC(C)C(=O)NCCOCCOCCOCCOCCC(=O)OC(C)(C)C. The third kappa shape index (κ3) is 19.3. The fraction of sp³-hybridized carbons (Fsp3) is 0.895. The Balaban J connectivity index is 3.21. The Bertz CT molecular complexity index is 394. The van der Waals surface area contributed by atoms with Gasteiger partial charge in [0.2, 0.25) is 5.91 Å². The first-order valence-corrected chi connectivity index (χ1v) is 9.53. The van der Waals surface area contributed by atoms with Crippen LogP contribution in [0.2, 0.25) is 0 Å². The van der Waals surface area contributed by atoms with Gasteiger partial charge < -0.3 is 29.0 Å². The van der Waals surface area contributed by atoms with E-state index in [0.717, 1.165) is 0 Å². The van der Waals surface area contributed by atoms with Crippen molar-refractivity contribution in [3.8, 4) is 0 Å². The first-order valence-electron chi connectivity index (χ1n) is 9.53. The molecule has 0 atom stereocenters. The van der Waals surface area contributed by atoms with Crippen molar-refractivity contribution in [1.82, 2.24) is 5.32 Å². The predicted molar refractivity (Wildman–Crippen MR) is 102 cm³/mol. The van der Waals surface area contributed by atoms with E-state index < -0.39 is 5.60 Å². The van der Waals surface area contributed by atoms with Gasteiger partial charge in [-0.2, -0.15) is 0 Å². The molecule has 0 aliphatic carbocycles. The van der Waals surface area contributed by atoms with Crippen LogP contribution in [0.1, 0.15) is 41.0 Å². The number of ether oxygens (including phenoxy) is 5. The van der Waals surface area contributed by atoms with E-state index in [-0.39, 0.29) is 24.2 Å². The number of esters is 1. The van der Waals surface area contributed by atoms with Crippen molar-refractivity contribution in [2.75, 3.05) is 59.4 Å². The number of amides is 1. The highest BCUT2D eigenvalue weighted by molar-refractivity contribution is 5.77. The second kappa shape index (κ2) is 15.8. The van der Waals surface area contributed by atoms with E-state index in [1.807, 2.05) is 34.6 Å². The number of carbonyl (C=O) groups is 2. The molecular weight excluding hydrogens is 354 g/mol. The summed E-state index contributed by atoms with van der Waals surface area (Å²) in [5.74, 6) is -0.245. The van der Waals surface area contributed by atoms with E-state index in [1.165, 1.54) is 0 Å². The largest absolute Gasteiger partial charge is 0.460 e. The predicted octanol–water partition coefficient (Wildman–Crippen LogP) is 1.56. The number of nitrogens with one attached hydrogen (secondary N) is 1. The van der Waals surface area contributed by atoms with Gasteiger partial charge in [-0.1, -0.05) is 13.8 Å². The number of carbonyl (C=O) groups excluding carboxylic acids is 2. The van der Waals surface area contributed by atoms with Crippen LogP contribution in [-0.4, -0.2) is 76.9 Å². The molecule has 27 heavy (non-hydrogen) atoms. The minimum absolute atomic E-state index is 0.0105. The molecule has 1 amide bonds. The molecule has 0 aromatic heterocycles. The summed E-state index contributed by atoms with van der Waals surface area (Å²) in [6.07, 6.45) is 0.238. The maximum atomic E-state index is 11.5. The first kappa shape index (κ1) is 25.8. The minimum Gasteiger partial charge on any atom is -0.460 e. The van der Waals surface area contributed by atoms with Gasteiger partial charge in [0.15, 0.2) is 0 Å². The molecule has 160 valence electrons. The molecule has 8 nitrogen and oxygen atoms in total. The first-order chi connectivity index (χ1) is 12.7. The topological polar surface area (TPSA) is 92.3 Å². The lowest BCUT2D eigenvalue weighted by Crippen LogP contribution is -2.31.